The summed E-state index contributed by atoms with van der Waals surface area (Å²) in [4.78, 5) is 21.0. The van der Waals surface area contributed by atoms with E-state index in [9.17, 15) is 22.4 Å². The Bertz CT molecular complexity index is 1510. The predicted molar refractivity (Wildman–Crippen MR) is 138 cm³/mol. The first-order valence-corrected chi connectivity index (χ1v) is 12.2. The zero-order valence-corrected chi connectivity index (χ0v) is 21.2. The number of anilines is 2. The molecule has 8 nitrogen and oxygen atoms in total. The fourth-order valence-electron chi connectivity index (χ4n) is 4.36. The molecule has 2 aromatic carbocycles. The number of carbonyl (C=O) groups is 1. The highest BCUT2D eigenvalue weighted by atomic mass is 19.4. The molecule has 0 unspecified atom stereocenters. The average Bonchev–Trinajstić information content (AvgIpc) is 3.39. The Morgan fingerprint density at radius 3 is 2.49 bits per heavy atom. The number of pyridine rings is 1. The van der Waals surface area contributed by atoms with Crippen molar-refractivity contribution in [1.82, 2.24) is 24.9 Å². The molecule has 1 aliphatic heterocycles. The third-order valence-corrected chi connectivity index (χ3v) is 6.58. The molecule has 1 N–H and O–H groups in total. The molecule has 0 atom stereocenters. The minimum atomic E-state index is -4.57. The van der Waals surface area contributed by atoms with E-state index in [1.165, 1.54) is 16.9 Å². The zero-order valence-electron chi connectivity index (χ0n) is 21.2. The van der Waals surface area contributed by atoms with E-state index in [0.717, 1.165) is 37.0 Å². The lowest BCUT2D eigenvalue weighted by Crippen LogP contribution is -2.44. The van der Waals surface area contributed by atoms with Gasteiger partial charge in [-0.3, -0.25) is 9.78 Å². The van der Waals surface area contributed by atoms with Crippen molar-refractivity contribution in [3.8, 4) is 16.9 Å². The lowest BCUT2D eigenvalue weighted by Gasteiger charge is -2.34. The van der Waals surface area contributed by atoms with Crippen LogP contribution in [-0.2, 0) is 6.18 Å². The van der Waals surface area contributed by atoms with Gasteiger partial charge in [0, 0.05) is 54.9 Å². The number of nitrogens with zero attached hydrogens (tertiary/aromatic N) is 6. The molecule has 202 valence electrons. The Morgan fingerprint density at radius 2 is 1.77 bits per heavy atom. The van der Waals surface area contributed by atoms with E-state index in [-0.39, 0.29) is 11.3 Å². The van der Waals surface area contributed by atoms with Gasteiger partial charge >= 0.3 is 6.18 Å². The number of aryl methyl sites for hydroxylation is 1. The number of halogens is 4. The van der Waals surface area contributed by atoms with Crippen LogP contribution in [0.5, 0.6) is 0 Å². The number of aromatic nitrogens is 4. The summed E-state index contributed by atoms with van der Waals surface area (Å²) in [5.74, 6) is -1.09. The Balaban J connectivity index is 1.41. The molecule has 39 heavy (non-hydrogen) atoms. The number of rotatable bonds is 5. The molecule has 0 radical (unpaired) electrons. The fourth-order valence-corrected chi connectivity index (χ4v) is 4.36. The van der Waals surface area contributed by atoms with Crippen molar-refractivity contribution < 1.29 is 22.4 Å². The van der Waals surface area contributed by atoms with E-state index in [4.69, 9.17) is 0 Å². The van der Waals surface area contributed by atoms with Gasteiger partial charge in [-0.25, -0.2) is 9.07 Å². The molecule has 0 saturated carbocycles. The number of likely N-dealkylation sites (N-methyl/N-ethyl adjacent to an activating group) is 1. The minimum absolute atomic E-state index is 0.0486. The van der Waals surface area contributed by atoms with Gasteiger partial charge in [0.15, 0.2) is 0 Å². The minimum Gasteiger partial charge on any atom is -0.369 e. The van der Waals surface area contributed by atoms with Gasteiger partial charge in [-0.2, -0.15) is 13.2 Å². The van der Waals surface area contributed by atoms with Crippen LogP contribution in [0, 0.1) is 12.7 Å². The van der Waals surface area contributed by atoms with Crippen LogP contribution in [0.3, 0.4) is 0 Å². The topological polar surface area (TPSA) is 79.2 Å². The van der Waals surface area contributed by atoms with Gasteiger partial charge in [-0.05, 0) is 55.9 Å². The number of amides is 1. The van der Waals surface area contributed by atoms with Crippen LogP contribution >= 0.6 is 0 Å². The Labute approximate surface area is 221 Å². The molecular weight excluding hydrogens is 514 g/mol. The fraction of sp³-hybridized carbons (Fsp3) is 0.259. The van der Waals surface area contributed by atoms with Crippen LogP contribution in [0.15, 0.2) is 61.1 Å². The number of hydrogen-bond acceptors (Lipinski definition) is 6. The molecular formula is C27H25F4N7O. The second-order valence-electron chi connectivity index (χ2n) is 9.45. The van der Waals surface area contributed by atoms with E-state index in [0.29, 0.717) is 35.7 Å². The Morgan fingerprint density at radius 1 is 1.00 bits per heavy atom. The van der Waals surface area contributed by atoms with E-state index < -0.39 is 23.5 Å². The molecule has 1 fully saturated rings. The third-order valence-electron chi connectivity index (χ3n) is 6.58. The highest BCUT2D eigenvalue weighted by molar-refractivity contribution is 6.05. The summed E-state index contributed by atoms with van der Waals surface area (Å²) < 4.78 is 56.1. The number of carbonyl (C=O) groups excluding carboxylic acids is 1. The second kappa shape index (κ2) is 10.4. The van der Waals surface area contributed by atoms with Gasteiger partial charge in [0.25, 0.3) is 5.91 Å². The Hall–Kier alpha value is -4.32. The number of alkyl halides is 3. The zero-order chi connectivity index (χ0) is 27.7. The molecule has 1 amide bonds. The summed E-state index contributed by atoms with van der Waals surface area (Å²) in [6.45, 7) is 4.43. The van der Waals surface area contributed by atoms with Gasteiger partial charge in [0.05, 0.1) is 23.6 Å². The lowest BCUT2D eigenvalue weighted by molar-refractivity contribution is -0.137. The predicted octanol–water partition coefficient (Wildman–Crippen LogP) is 4.80. The van der Waals surface area contributed by atoms with Crippen LogP contribution in [-0.4, -0.2) is 64.0 Å². The summed E-state index contributed by atoms with van der Waals surface area (Å²) in [6.07, 6.45) is -0.449. The molecule has 12 heteroatoms. The summed E-state index contributed by atoms with van der Waals surface area (Å²) in [7, 11) is 1.96. The van der Waals surface area contributed by atoms with Crippen LogP contribution in [0.1, 0.15) is 21.5 Å². The second-order valence-corrected chi connectivity index (χ2v) is 9.45. The molecule has 1 saturated heterocycles. The van der Waals surface area contributed by atoms with Crippen LogP contribution < -0.4 is 10.2 Å². The van der Waals surface area contributed by atoms with Crippen molar-refractivity contribution in [1.29, 1.82) is 0 Å². The number of nitrogens with one attached hydrogen (secondary N) is 1. The SMILES string of the molecule is Cc1ccc(C(=O)Nc2cc(N3CCN(C)CC3)cc(C(F)(F)F)c2)cc1-n1cc(-c2cncc(F)c2)nn1. The van der Waals surface area contributed by atoms with Gasteiger partial charge < -0.3 is 15.1 Å². The first-order valence-electron chi connectivity index (χ1n) is 12.2. The first-order chi connectivity index (χ1) is 18.6. The maximum absolute atomic E-state index is 13.7. The highest BCUT2D eigenvalue weighted by Crippen LogP contribution is 2.35. The standard InChI is InChI=1S/C27H25F4N7O/c1-17-3-4-18(10-25(17)38-16-24(34-35-38)19-9-21(28)15-32-14-19)26(39)33-22-11-20(27(29,30)31)12-23(13-22)37-7-5-36(2)6-8-37/h3-4,9-16H,5-8H2,1-2H3,(H,33,39). The number of benzene rings is 2. The van der Waals surface area contributed by atoms with E-state index >= 15 is 0 Å². The summed E-state index contributed by atoms with van der Waals surface area (Å²) in [6, 6.07) is 9.75. The lowest BCUT2D eigenvalue weighted by atomic mass is 10.1. The summed E-state index contributed by atoms with van der Waals surface area (Å²) >= 11 is 0. The summed E-state index contributed by atoms with van der Waals surface area (Å²) in [5, 5.41) is 10.8. The molecule has 1 aliphatic rings. The van der Waals surface area contributed by atoms with Crippen LogP contribution in [0.4, 0.5) is 28.9 Å². The average molecular weight is 540 g/mol. The monoisotopic (exact) mass is 539 g/mol. The molecule has 2 aromatic heterocycles. The maximum Gasteiger partial charge on any atom is 0.416 e. The van der Waals surface area contributed by atoms with Gasteiger partial charge in [0.1, 0.15) is 11.5 Å². The van der Waals surface area contributed by atoms with Crippen LogP contribution in [0.2, 0.25) is 0 Å². The van der Waals surface area contributed by atoms with E-state index in [1.54, 1.807) is 30.5 Å². The molecule has 5 rings (SSSR count). The van der Waals surface area contributed by atoms with E-state index in [1.807, 2.05) is 18.9 Å². The highest BCUT2D eigenvalue weighted by Gasteiger charge is 2.32. The molecule has 0 spiro atoms. The number of hydrogen-bond donors (Lipinski definition) is 1. The molecule has 0 aliphatic carbocycles. The molecule has 0 bridgehead atoms. The molecule has 3 heterocycles. The van der Waals surface area contributed by atoms with Crippen molar-refractivity contribution in [3.63, 3.8) is 0 Å². The van der Waals surface area contributed by atoms with Crippen molar-refractivity contribution in [3.05, 3.63) is 83.6 Å². The third kappa shape index (κ3) is 5.90. The number of piperazine rings is 1. The van der Waals surface area contributed by atoms with Crippen molar-refractivity contribution in [2.24, 2.45) is 0 Å². The Kier molecular flexibility index (Phi) is 7.04. The van der Waals surface area contributed by atoms with Crippen molar-refractivity contribution >= 4 is 17.3 Å². The van der Waals surface area contributed by atoms with Gasteiger partial charge in [0.2, 0.25) is 0 Å². The van der Waals surface area contributed by atoms with Gasteiger partial charge in [-0.1, -0.05) is 11.3 Å². The summed E-state index contributed by atoms with van der Waals surface area (Å²) in [5.41, 5.74) is 1.97. The quantitative estimate of drug-likeness (QED) is 0.367. The molecule has 4 aromatic rings. The van der Waals surface area contributed by atoms with Crippen LogP contribution in [0.25, 0.3) is 16.9 Å². The largest absolute Gasteiger partial charge is 0.416 e. The smallest absolute Gasteiger partial charge is 0.369 e. The van der Waals surface area contributed by atoms with E-state index in [2.05, 4.69) is 25.5 Å². The normalized spacial score (nSPS) is 14.5. The first kappa shape index (κ1) is 26.3. The van der Waals surface area contributed by atoms with Gasteiger partial charge in [-0.15, -0.1) is 5.10 Å². The van der Waals surface area contributed by atoms with Crippen molar-refractivity contribution in [2.75, 3.05) is 43.4 Å². The maximum atomic E-state index is 13.7. The van der Waals surface area contributed by atoms with Crippen molar-refractivity contribution in [2.45, 2.75) is 13.1 Å².